The van der Waals surface area contributed by atoms with Gasteiger partial charge < -0.3 is 14.8 Å². The van der Waals surface area contributed by atoms with Crippen LogP contribution >= 0.6 is 27.5 Å². The van der Waals surface area contributed by atoms with Crippen LogP contribution in [0.1, 0.15) is 31.4 Å². The van der Waals surface area contributed by atoms with Gasteiger partial charge in [0, 0.05) is 17.3 Å². The third kappa shape index (κ3) is 5.05. The minimum Gasteiger partial charge on any atom is -0.490 e. The molecule has 130 valence electrons. The van der Waals surface area contributed by atoms with Crippen LogP contribution < -0.4 is 14.8 Å². The van der Waals surface area contributed by atoms with Gasteiger partial charge in [-0.1, -0.05) is 24.6 Å². The molecule has 2 rings (SSSR count). The van der Waals surface area contributed by atoms with Crippen molar-refractivity contribution in [3.63, 3.8) is 0 Å². The molecule has 0 heterocycles. The zero-order valence-corrected chi connectivity index (χ0v) is 16.6. The van der Waals surface area contributed by atoms with Crippen molar-refractivity contribution >= 4 is 33.2 Å². The highest BCUT2D eigenvalue weighted by atomic mass is 79.9. The molecule has 0 aliphatic carbocycles. The number of ether oxygens (including phenoxy) is 2. The molecule has 0 aliphatic heterocycles. The summed E-state index contributed by atoms with van der Waals surface area (Å²) >= 11 is 9.76. The van der Waals surface area contributed by atoms with Crippen LogP contribution in [0.2, 0.25) is 5.02 Å². The third-order valence-corrected chi connectivity index (χ3v) is 4.48. The van der Waals surface area contributed by atoms with E-state index in [0.717, 1.165) is 44.2 Å². The Morgan fingerprint density at radius 1 is 1.12 bits per heavy atom. The van der Waals surface area contributed by atoms with Crippen molar-refractivity contribution in [3.05, 3.63) is 51.0 Å². The van der Waals surface area contributed by atoms with Gasteiger partial charge in [-0.15, -0.1) is 0 Å². The van der Waals surface area contributed by atoms with E-state index in [1.54, 1.807) is 0 Å². The molecular formula is C19H23BrClNO2. The Kier molecular flexibility index (Phi) is 7.25. The van der Waals surface area contributed by atoms with Gasteiger partial charge in [0.25, 0.3) is 0 Å². The van der Waals surface area contributed by atoms with Gasteiger partial charge in [0.1, 0.15) is 0 Å². The monoisotopic (exact) mass is 411 g/mol. The predicted molar refractivity (Wildman–Crippen MR) is 105 cm³/mol. The van der Waals surface area contributed by atoms with Gasteiger partial charge in [0.15, 0.2) is 11.5 Å². The lowest BCUT2D eigenvalue weighted by Gasteiger charge is -2.16. The first-order valence-corrected chi connectivity index (χ1v) is 9.30. The van der Waals surface area contributed by atoms with Crippen LogP contribution in [-0.2, 0) is 6.54 Å². The lowest BCUT2D eigenvalue weighted by atomic mass is 10.2. The lowest BCUT2D eigenvalue weighted by molar-refractivity contribution is 0.275. The molecule has 3 nitrogen and oxygen atoms in total. The van der Waals surface area contributed by atoms with Crippen LogP contribution in [0.25, 0.3) is 0 Å². The maximum Gasteiger partial charge on any atom is 0.175 e. The van der Waals surface area contributed by atoms with Crippen LogP contribution in [0.15, 0.2) is 34.8 Å². The van der Waals surface area contributed by atoms with E-state index in [4.69, 9.17) is 21.1 Å². The van der Waals surface area contributed by atoms with Crippen LogP contribution in [0.5, 0.6) is 11.5 Å². The molecule has 0 unspecified atom stereocenters. The smallest absolute Gasteiger partial charge is 0.175 e. The molecule has 0 aliphatic rings. The second-order valence-corrected chi connectivity index (χ2v) is 6.77. The van der Waals surface area contributed by atoms with E-state index in [0.29, 0.717) is 19.8 Å². The summed E-state index contributed by atoms with van der Waals surface area (Å²) in [4.78, 5) is 0. The van der Waals surface area contributed by atoms with Gasteiger partial charge in [0.05, 0.1) is 17.7 Å². The summed E-state index contributed by atoms with van der Waals surface area (Å²) in [5.74, 6) is 1.53. The molecule has 0 saturated carbocycles. The molecule has 0 amide bonds. The summed E-state index contributed by atoms with van der Waals surface area (Å²) in [6, 6.07) is 10.0. The Labute approximate surface area is 157 Å². The number of hydrogen-bond donors (Lipinski definition) is 1. The second kappa shape index (κ2) is 9.19. The third-order valence-electron chi connectivity index (χ3n) is 3.49. The van der Waals surface area contributed by atoms with Gasteiger partial charge >= 0.3 is 0 Å². The maximum absolute atomic E-state index is 6.17. The van der Waals surface area contributed by atoms with E-state index in [1.807, 2.05) is 38.1 Å². The topological polar surface area (TPSA) is 30.5 Å². The van der Waals surface area contributed by atoms with Crippen LogP contribution in [-0.4, -0.2) is 13.2 Å². The lowest BCUT2D eigenvalue weighted by Crippen LogP contribution is -2.04. The molecule has 1 N–H and O–H groups in total. The van der Waals surface area contributed by atoms with Gasteiger partial charge in [-0.25, -0.2) is 0 Å². The van der Waals surface area contributed by atoms with E-state index >= 15 is 0 Å². The predicted octanol–water partition coefficient (Wildman–Crippen LogP) is 6.21. The maximum atomic E-state index is 6.17. The van der Waals surface area contributed by atoms with E-state index in [1.165, 1.54) is 0 Å². The summed E-state index contributed by atoms with van der Waals surface area (Å²) in [6.45, 7) is 7.98. The Balaban J connectivity index is 2.16. The minimum absolute atomic E-state index is 0.597. The van der Waals surface area contributed by atoms with Gasteiger partial charge in [-0.05, 0) is 71.6 Å². The summed E-state index contributed by atoms with van der Waals surface area (Å²) in [6.07, 6.45) is 0.954. The number of hydrogen-bond acceptors (Lipinski definition) is 3. The van der Waals surface area contributed by atoms with E-state index in [9.17, 15) is 0 Å². The van der Waals surface area contributed by atoms with Crippen molar-refractivity contribution in [1.29, 1.82) is 0 Å². The molecule has 0 radical (unpaired) electrons. The van der Waals surface area contributed by atoms with Crippen molar-refractivity contribution in [2.24, 2.45) is 0 Å². The highest BCUT2D eigenvalue weighted by molar-refractivity contribution is 9.10. The first-order chi connectivity index (χ1) is 11.5. The van der Waals surface area contributed by atoms with Crippen molar-refractivity contribution in [1.82, 2.24) is 0 Å². The molecule has 2 aromatic carbocycles. The summed E-state index contributed by atoms with van der Waals surface area (Å²) in [5, 5.41) is 4.15. The summed E-state index contributed by atoms with van der Waals surface area (Å²) in [5.41, 5.74) is 3.16. The molecule has 0 atom stereocenters. The van der Waals surface area contributed by atoms with Gasteiger partial charge in [-0.3, -0.25) is 0 Å². The molecule has 0 fully saturated rings. The Morgan fingerprint density at radius 2 is 1.92 bits per heavy atom. The fourth-order valence-electron chi connectivity index (χ4n) is 2.24. The molecule has 0 aromatic heterocycles. The number of nitrogens with one attached hydrogen (secondary N) is 1. The quantitative estimate of drug-likeness (QED) is 0.559. The second-order valence-electron chi connectivity index (χ2n) is 5.50. The molecule has 2 aromatic rings. The fraction of sp³-hybridized carbons (Fsp3) is 0.368. The average molecular weight is 413 g/mol. The Bertz CT molecular complexity index is 691. The average Bonchev–Trinajstić information content (AvgIpc) is 2.55. The van der Waals surface area contributed by atoms with E-state index < -0.39 is 0 Å². The van der Waals surface area contributed by atoms with Gasteiger partial charge in [-0.2, -0.15) is 0 Å². The van der Waals surface area contributed by atoms with Gasteiger partial charge in [0.2, 0.25) is 0 Å². The zero-order chi connectivity index (χ0) is 17.5. The number of halogens is 2. The highest BCUT2D eigenvalue weighted by Gasteiger charge is 2.12. The van der Waals surface area contributed by atoms with E-state index in [-0.39, 0.29) is 0 Å². The van der Waals surface area contributed by atoms with Crippen molar-refractivity contribution in [2.75, 3.05) is 18.5 Å². The van der Waals surface area contributed by atoms with Crippen LogP contribution in [0.3, 0.4) is 0 Å². The normalized spacial score (nSPS) is 10.5. The largest absolute Gasteiger partial charge is 0.490 e. The first kappa shape index (κ1) is 18.9. The Hall–Kier alpha value is -1.39. The van der Waals surface area contributed by atoms with Crippen LogP contribution in [0, 0.1) is 6.92 Å². The molecule has 0 bridgehead atoms. The number of benzene rings is 2. The first-order valence-electron chi connectivity index (χ1n) is 8.13. The zero-order valence-electron chi connectivity index (χ0n) is 14.3. The number of aryl methyl sites for hydroxylation is 1. The van der Waals surface area contributed by atoms with E-state index in [2.05, 4.69) is 34.2 Å². The molecule has 0 saturated heterocycles. The van der Waals surface area contributed by atoms with Crippen molar-refractivity contribution < 1.29 is 9.47 Å². The summed E-state index contributed by atoms with van der Waals surface area (Å²) < 4.78 is 12.4. The standard InChI is InChI=1S/C19H23BrClNO2/c1-4-8-24-19-16(20)9-14(10-18(19)23-5-2)12-22-15-7-6-13(3)17(21)11-15/h6-7,9-11,22H,4-5,8,12H2,1-3H3. The van der Waals surface area contributed by atoms with Crippen LogP contribution in [0.4, 0.5) is 5.69 Å². The number of anilines is 1. The molecule has 24 heavy (non-hydrogen) atoms. The molecule has 5 heteroatoms. The minimum atomic E-state index is 0.597. The van der Waals surface area contributed by atoms with Crippen molar-refractivity contribution in [3.8, 4) is 11.5 Å². The fourth-order valence-corrected chi connectivity index (χ4v) is 3.02. The SMILES string of the molecule is CCCOc1c(Br)cc(CNc2ccc(C)c(Cl)c2)cc1OCC. The highest BCUT2D eigenvalue weighted by Crippen LogP contribution is 2.37. The molecular weight excluding hydrogens is 390 g/mol. The summed E-state index contributed by atoms with van der Waals surface area (Å²) in [7, 11) is 0. The van der Waals surface area contributed by atoms with Crippen molar-refractivity contribution in [2.45, 2.75) is 33.7 Å². The Morgan fingerprint density at radius 3 is 2.58 bits per heavy atom. The number of rotatable bonds is 8. The molecule has 0 spiro atoms.